The number of phenols is 1. The minimum atomic E-state index is -4.24. The lowest BCUT2D eigenvalue weighted by Crippen LogP contribution is -2.30. The van der Waals surface area contributed by atoms with Gasteiger partial charge in [0.15, 0.2) is 5.82 Å². The Morgan fingerprint density at radius 1 is 1.27 bits per heavy atom. The molecular weight excluding hydrogens is 375 g/mol. The second-order valence-electron chi connectivity index (χ2n) is 6.12. The van der Waals surface area contributed by atoms with E-state index in [1.807, 2.05) is 0 Å². The third kappa shape index (κ3) is 3.63. The van der Waals surface area contributed by atoms with Crippen molar-refractivity contribution < 1.29 is 31.5 Å². The first-order chi connectivity index (χ1) is 12.2. The highest BCUT2D eigenvalue weighted by molar-refractivity contribution is 7.92. The van der Waals surface area contributed by atoms with Crippen molar-refractivity contribution in [1.29, 1.82) is 0 Å². The van der Waals surface area contributed by atoms with E-state index in [0.717, 1.165) is 6.07 Å². The van der Waals surface area contributed by atoms with Crippen LogP contribution in [0.5, 0.6) is 5.75 Å². The van der Waals surface area contributed by atoms with E-state index < -0.39 is 46.0 Å². The van der Waals surface area contributed by atoms with E-state index in [9.17, 15) is 31.5 Å². The Balaban J connectivity index is 1.74. The molecule has 0 aliphatic carbocycles. The van der Waals surface area contributed by atoms with Crippen LogP contribution in [-0.2, 0) is 21.4 Å². The number of hydrogen-bond acceptors (Lipinski definition) is 5. The van der Waals surface area contributed by atoms with Gasteiger partial charge in [-0.15, -0.1) is 0 Å². The molecule has 0 saturated carbocycles. The summed E-state index contributed by atoms with van der Waals surface area (Å²) in [6.07, 6.45) is -1.10. The molecule has 26 heavy (non-hydrogen) atoms. The number of hydrogen-bond donors (Lipinski definition) is 2. The predicted molar refractivity (Wildman–Crippen MR) is 86.5 cm³/mol. The van der Waals surface area contributed by atoms with Gasteiger partial charge in [0.25, 0.3) is 12.0 Å². The Labute approximate surface area is 147 Å². The molecule has 2 fully saturated rings. The maximum absolute atomic E-state index is 14.4. The molecule has 0 radical (unpaired) electrons. The molecule has 2 N–H and O–H groups in total. The van der Waals surface area contributed by atoms with Crippen molar-refractivity contribution in [3.05, 3.63) is 35.2 Å². The number of rotatable bonds is 4. The molecule has 7 nitrogen and oxygen atoms in total. The van der Waals surface area contributed by atoms with E-state index in [-0.39, 0.29) is 25.0 Å². The van der Waals surface area contributed by atoms with E-state index in [4.69, 9.17) is 0 Å². The van der Waals surface area contributed by atoms with Crippen molar-refractivity contribution in [2.75, 3.05) is 30.5 Å². The second kappa shape index (κ2) is 6.80. The number of benzene rings is 1. The molecule has 0 unspecified atom stereocenters. The highest BCUT2D eigenvalue weighted by Crippen LogP contribution is 2.34. The lowest BCUT2D eigenvalue weighted by Gasteiger charge is -2.18. The summed E-state index contributed by atoms with van der Waals surface area (Å²) in [7, 11) is -4.24. The Kier molecular flexibility index (Phi) is 4.84. The summed E-state index contributed by atoms with van der Waals surface area (Å²) in [5.74, 6) is -2.43. The molecule has 0 spiro atoms. The normalized spacial score (nSPS) is 19.9. The number of anilines is 1. The lowest BCUT2D eigenvalue weighted by atomic mass is 10.1. The van der Waals surface area contributed by atoms with E-state index in [1.54, 1.807) is 9.62 Å². The monoisotopic (exact) mass is 391 g/mol. The number of amides is 1. The number of aromatic hydroxyl groups is 1. The van der Waals surface area contributed by atoms with Gasteiger partial charge in [-0.05, 0) is 30.5 Å². The van der Waals surface area contributed by atoms with Crippen LogP contribution in [0.4, 0.5) is 18.9 Å². The average molecular weight is 391 g/mol. The van der Waals surface area contributed by atoms with Crippen LogP contribution in [0, 0.1) is 5.82 Å². The average Bonchev–Trinajstić information content (AvgIpc) is 3.09. The van der Waals surface area contributed by atoms with Crippen molar-refractivity contribution in [3.8, 4) is 5.75 Å². The van der Waals surface area contributed by atoms with Crippen LogP contribution >= 0.6 is 0 Å². The number of phenolic OH excluding ortho intramolecular Hbond substituents is 1. The van der Waals surface area contributed by atoms with Gasteiger partial charge in [0, 0.05) is 25.2 Å². The zero-order valence-corrected chi connectivity index (χ0v) is 14.3. The molecule has 2 aliphatic heterocycles. The molecule has 1 aromatic rings. The van der Waals surface area contributed by atoms with Gasteiger partial charge in [-0.2, -0.15) is 17.2 Å². The first kappa shape index (κ1) is 18.5. The van der Waals surface area contributed by atoms with Crippen molar-refractivity contribution in [3.63, 3.8) is 0 Å². The lowest BCUT2D eigenvalue weighted by molar-refractivity contribution is -0.117. The Morgan fingerprint density at radius 2 is 2.00 bits per heavy atom. The van der Waals surface area contributed by atoms with Crippen molar-refractivity contribution in [2.45, 2.75) is 12.8 Å². The van der Waals surface area contributed by atoms with Gasteiger partial charge in [0.2, 0.25) is 0 Å². The quantitative estimate of drug-likeness (QED) is 0.803. The van der Waals surface area contributed by atoms with Gasteiger partial charge in [0.05, 0.1) is 0 Å². The fourth-order valence-electron chi connectivity index (χ4n) is 3.03. The van der Waals surface area contributed by atoms with Gasteiger partial charge in [-0.1, -0.05) is 0 Å². The maximum Gasteiger partial charge on any atom is 0.326 e. The van der Waals surface area contributed by atoms with Crippen LogP contribution in [-0.4, -0.2) is 50.5 Å². The third-order valence-corrected chi connectivity index (χ3v) is 5.68. The Bertz CT molecular complexity index is 861. The minimum Gasteiger partial charge on any atom is -0.506 e. The maximum atomic E-state index is 14.4. The van der Waals surface area contributed by atoms with Crippen LogP contribution in [0.3, 0.4) is 0 Å². The number of nitrogens with zero attached hydrogens (tertiary/aromatic N) is 2. The summed E-state index contributed by atoms with van der Waals surface area (Å²) in [6.45, 7) is 0.384. The van der Waals surface area contributed by atoms with Gasteiger partial charge in [-0.25, -0.2) is 13.4 Å². The van der Waals surface area contributed by atoms with Gasteiger partial charge in [0.1, 0.15) is 18.0 Å². The first-order valence-corrected chi connectivity index (χ1v) is 9.21. The third-order valence-electron chi connectivity index (χ3n) is 4.30. The zero-order chi connectivity index (χ0) is 19.1. The summed E-state index contributed by atoms with van der Waals surface area (Å²) in [5, 5.41) is 10.1. The summed E-state index contributed by atoms with van der Waals surface area (Å²) in [4.78, 5) is 13.0. The zero-order valence-electron chi connectivity index (χ0n) is 13.5. The van der Waals surface area contributed by atoms with Gasteiger partial charge < -0.3 is 5.11 Å². The van der Waals surface area contributed by atoms with Crippen LogP contribution in [0.25, 0.3) is 0 Å². The predicted octanol–water partition coefficient (Wildman–Crippen LogP) is 1.11. The van der Waals surface area contributed by atoms with Crippen LogP contribution in [0.1, 0.15) is 12.0 Å². The molecule has 2 aliphatic rings. The second-order valence-corrected chi connectivity index (χ2v) is 7.72. The molecule has 3 rings (SSSR count). The van der Waals surface area contributed by atoms with Gasteiger partial charge in [-0.3, -0.25) is 9.69 Å². The number of likely N-dealkylation sites (tertiary alicyclic amines) is 1. The summed E-state index contributed by atoms with van der Waals surface area (Å²) in [5.41, 5.74) is -0.124. The fraction of sp³-hybridized carbons (Fsp3) is 0.400. The molecule has 142 valence electrons. The highest BCUT2D eigenvalue weighted by Gasteiger charge is 2.37. The topological polar surface area (TPSA) is 90.0 Å². The smallest absolute Gasteiger partial charge is 0.326 e. The minimum absolute atomic E-state index is 0.0887. The molecule has 11 heteroatoms. The summed E-state index contributed by atoms with van der Waals surface area (Å²) in [6, 6.07) is 2.27. The molecule has 0 aromatic heterocycles. The van der Waals surface area contributed by atoms with Crippen LogP contribution in [0.2, 0.25) is 0 Å². The largest absolute Gasteiger partial charge is 0.506 e. The van der Waals surface area contributed by atoms with E-state index in [1.165, 1.54) is 6.07 Å². The highest BCUT2D eigenvalue weighted by atomic mass is 32.2. The van der Waals surface area contributed by atoms with E-state index in [0.29, 0.717) is 23.0 Å². The first-order valence-electron chi connectivity index (χ1n) is 7.77. The number of carbonyl (C=O) groups is 1. The fourth-order valence-corrected chi connectivity index (χ4v) is 4.20. The molecule has 2 heterocycles. The summed E-state index contributed by atoms with van der Waals surface area (Å²) < 4.78 is 65.2. The summed E-state index contributed by atoms with van der Waals surface area (Å²) >= 11 is 0. The van der Waals surface area contributed by atoms with Crippen molar-refractivity contribution in [1.82, 2.24) is 9.62 Å². The van der Waals surface area contributed by atoms with Crippen LogP contribution < -0.4 is 9.03 Å². The van der Waals surface area contributed by atoms with Crippen LogP contribution in [0.15, 0.2) is 23.8 Å². The molecule has 0 bridgehead atoms. The molecular formula is C15H16F3N3O4S. The van der Waals surface area contributed by atoms with E-state index >= 15 is 0 Å². The molecule has 0 atom stereocenters. The number of carbonyl (C=O) groups excluding carboxylic acids is 1. The van der Waals surface area contributed by atoms with Gasteiger partial charge >= 0.3 is 10.2 Å². The molecule has 1 aromatic carbocycles. The Morgan fingerprint density at radius 3 is 2.54 bits per heavy atom. The molecule has 1 amide bonds. The SMILES string of the molecule is O=C1CN(c2c(O)cc(CCN3CCC(=C(F)F)C3)cc2F)S(=O)(=O)N1. The molecule has 2 saturated heterocycles. The number of nitrogens with one attached hydrogen (secondary N) is 1. The van der Waals surface area contributed by atoms with Crippen molar-refractivity contribution in [2.24, 2.45) is 0 Å². The van der Waals surface area contributed by atoms with Crippen molar-refractivity contribution >= 4 is 21.8 Å². The van der Waals surface area contributed by atoms with E-state index in [2.05, 4.69) is 0 Å². The standard InChI is InChI=1S/C15H16F3N3O4S/c16-11-5-9(1-3-20-4-2-10(7-20)15(17)18)6-12(22)14(11)21-8-13(23)19-26(21,24)25/h5-6,22H,1-4,7-8H2,(H,19,23). The Hall–Kier alpha value is -2.27. The number of halogens is 3.